The predicted molar refractivity (Wildman–Crippen MR) is 128 cm³/mol. The molecule has 3 aromatic carbocycles. The number of thiazole rings is 1. The Morgan fingerprint density at radius 1 is 0.968 bits per heavy atom. The first kappa shape index (κ1) is 21.2. The summed E-state index contributed by atoms with van der Waals surface area (Å²) in [5, 5.41) is 12.5. The summed E-state index contributed by atoms with van der Waals surface area (Å²) in [4.78, 5) is 20.7. The first-order valence-corrected chi connectivity index (χ1v) is 10.8. The Balaban J connectivity index is 1.79. The highest BCUT2D eigenvalue weighted by atomic mass is 35.5. The van der Waals surface area contributed by atoms with Gasteiger partial charge in [0, 0.05) is 29.5 Å². The molecule has 0 atom stereocenters. The summed E-state index contributed by atoms with van der Waals surface area (Å²) < 4.78 is 0. The van der Waals surface area contributed by atoms with E-state index in [0.717, 1.165) is 27.3 Å². The Bertz CT molecular complexity index is 1260. The van der Waals surface area contributed by atoms with Crippen molar-refractivity contribution >= 4 is 51.6 Å². The lowest BCUT2D eigenvalue weighted by Crippen LogP contribution is -1.87. The van der Waals surface area contributed by atoms with E-state index in [4.69, 9.17) is 28.2 Å². The van der Waals surface area contributed by atoms with E-state index in [-0.39, 0.29) is 5.69 Å². The Morgan fingerprint density at radius 3 is 2.19 bits per heavy atom. The maximum absolute atomic E-state index is 11.0. The third-order valence-electron chi connectivity index (χ3n) is 4.58. The molecule has 31 heavy (non-hydrogen) atoms. The fourth-order valence-corrected chi connectivity index (χ4v) is 4.39. The molecule has 4 rings (SSSR count). The Kier molecular flexibility index (Phi) is 6.13. The van der Waals surface area contributed by atoms with Crippen LogP contribution in [0.1, 0.15) is 11.1 Å². The molecule has 0 unspecified atom stereocenters. The van der Waals surface area contributed by atoms with E-state index in [2.05, 4.69) is 4.99 Å². The van der Waals surface area contributed by atoms with E-state index in [1.165, 1.54) is 23.5 Å². The molecule has 0 saturated carbocycles. The van der Waals surface area contributed by atoms with Gasteiger partial charge >= 0.3 is 0 Å². The molecular formula is C23H15Cl2N3O2S. The van der Waals surface area contributed by atoms with Gasteiger partial charge in [-0.15, -0.1) is 0 Å². The Morgan fingerprint density at radius 2 is 1.58 bits per heavy atom. The number of benzene rings is 3. The summed E-state index contributed by atoms with van der Waals surface area (Å²) in [7, 11) is 0. The molecule has 8 heteroatoms. The Hall–Kier alpha value is -3.06. The van der Waals surface area contributed by atoms with Gasteiger partial charge in [0.15, 0.2) is 0 Å². The third-order valence-corrected chi connectivity index (χ3v) is 6.26. The minimum absolute atomic E-state index is 0.0387. The highest BCUT2D eigenvalue weighted by molar-refractivity contribution is 7.19. The summed E-state index contributed by atoms with van der Waals surface area (Å²) in [6.45, 7) is 2.02. The second-order valence-corrected chi connectivity index (χ2v) is 8.53. The van der Waals surface area contributed by atoms with Crippen molar-refractivity contribution in [1.29, 1.82) is 0 Å². The molecule has 0 aliphatic heterocycles. The minimum Gasteiger partial charge on any atom is -0.258 e. The smallest absolute Gasteiger partial charge is 0.258 e. The van der Waals surface area contributed by atoms with Crippen LogP contribution in [-0.4, -0.2) is 16.1 Å². The number of aliphatic imine (C=N–C) groups is 1. The SMILES string of the molecule is Cc1ccc(-c2nc(N=Cc3c(Cl)cccc3Cl)sc2-c2ccc([N+](=O)[O-])cc2)cc1. The quantitative estimate of drug-likeness (QED) is 0.171. The molecule has 0 saturated heterocycles. The number of nitro groups is 1. The molecule has 1 aromatic heterocycles. The van der Waals surface area contributed by atoms with Gasteiger partial charge in [0.05, 0.1) is 25.5 Å². The number of non-ortho nitro benzene ring substituents is 1. The Labute approximate surface area is 192 Å². The van der Waals surface area contributed by atoms with Crippen molar-refractivity contribution in [2.45, 2.75) is 6.92 Å². The van der Waals surface area contributed by atoms with Crippen LogP contribution in [0.2, 0.25) is 10.0 Å². The lowest BCUT2D eigenvalue weighted by atomic mass is 10.1. The monoisotopic (exact) mass is 467 g/mol. The van der Waals surface area contributed by atoms with Gasteiger partial charge in [-0.2, -0.15) is 0 Å². The van der Waals surface area contributed by atoms with E-state index >= 15 is 0 Å². The number of aromatic nitrogens is 1. The van der Waals surface area contributed by atoms with E-state index in [9.17, 15) is 10.1 Å². The molecule has 0 fully saturated rings. The molecular weight excluding hydrogens is 453 g/mol. The number of halogens is 2. The molecule has 0 spiro atoms. The number of nitrogens with zero attached hydrogens (tertiary/aromatic N) is 3. The van der Waals surface area contributed by atoms with Crippen molar-refractivity contribution in [3.05, 3.63) is 98.0 Å². The lowest BCUT2D eigenvalue weighted by molar-refractivity contribution is -0.384. The van der Waals surface area contributed by atoms with Crippen LogP contribution >= 0.6 is 34.5 Å². The number of rotatable bonds is 5. The van der Waals surface area contributed by atoms with E-state index in [1.54, 1.807) is 36.5 Å². The zero-order chi connectivity index (χ0) is 22.0. The second-order valence-electron chi connectivity index (χ2n) is 6.74. The molecule has 1 heterocycles. The van der Waals surface area contributed by atoms with Gasteiger partial charge in [-0.05, 0) is 36.8 Å². The fourth-order valence-electron chi connectivity index (χ4n) is 2.96. The predicted octanol–water partition coefficient (Wildman–Crippen LogP) is 7.75. The van der Waals surface area contributed by atoms with Gasteiger partial charge in [-0.3, -0.25) is 10.1 Å². The minimum atomic E-state index is -0.416. The second kappa shape index (κ2) is 8.98. The van der Waals surface area contributed by atoms with Gasteiger partial charge in [-0.1, -0.05) is 70.4 Å². The molecule has 0 N–H and O–H groups in total. The van der Waals surface area contributed by atoms with Gasteiger partial charge in [0.25, 0.3) is 5.69 Å². The lowest BCUT2D eigenvalue weighted by Gasteiger charge is -2.03. The van der Waals surface area contributed by atoms with Crippen LogP contribution in [0.5, 0.6) is 0 Å². The summed E-state index contributed by atoms with van der Waals surface area (Å²) in [6.07, 6.45) is 1.60. The van der Waals surface area contributed by atoms with Crippen LogP contribution in [0.3, 0.4) is 0 Å². The number of aryl methyl sites for hydroxylation is 1. The normalized spacial score (nSPS) is 11.2. The van der Waals surface area contributed by atoms with Crippen LogP contribution in [-0.2, 0) is 0 Å². The van der Waals surface area contributed by atoms with Crippen LogP contribution in [0.25, 0.3) is 21.7 Å². The maximum atomic E-state index is 11.0. The van der Waals surface area contributed by atoms with Crippen molar-refractivity contribution in [1.82, 2.24) is 4.98 Å². The summed E-state index contributed by atoms with van der Waals surface area (Å²) in [6, 6.07) is 19.7. The van der Waals surface area contributed by atoms with Gasteiger partial charge in [0.1, 0.15) is 0 Å². The van der Waals surface area contributed by atoms with Gasteiger partial charge in [0.2, 0.25) is 5.13 Å². The molecule has 0 bridgehead atoms. The zero-order valence-electron chi connectivity index (χ0n) is 16.3. The highest BCUT2D eigenvalue weighted by Gasteiger charge is 2.16. The van der Waals surface area contributed by atoms with Crippen molar-refractivity contribution in [2.75, 3.05) is 0 Å². The summed E-state index contributed by atoms with van der Waals surface area (Å²) in [5.74, 6) is 0. The number of hydrogen-bond acceptors (Lipinski definition) is 5. The molecule has 0 aliphatic carbocycles. The zero-order valence-corrected chi connectivity index (χ0v) is 18.6. The molecule has 0 radical (unpaired) electrons. The largest absolute Gasteiger partial charge is 0.269 e. The molecule has 5 nitrogen and oxygen atoms in total. The topological polar surface area (TPSA) is 68.4 Å². The highest BCUT2D eigenvalue weighted by Crippen LogP contribution is 2.40. The molecule has 154 valence electrons. The van der Waals surface area contributed by atoms with Crippen molar-refractivity contribution in [2.24, 2.45) is 4.99 Å². The first-order chi connectivity index (χ1) is 14.9. The third kappa shape index (κ3) is 4.66. The first-order valence-electron chi connectivity index (χ1n) is 9.23. The van der Waals surface area contributed by atoms with E-state index < -0.39 is 4.92 Å². The van der Waals surface area contributed by atoms with Gasteiger partial charge in [-0.25, -0.2) is 9.98 Å². The van der Waals surface area contributed by atoms with Crippen LogP contribution < -0.4 is 0 Å². The maximum Gasteiger partial charge on any atom is 0.269 e. The number of hydrogen-bond donors (Lipinski definition) is 0. The number of nitro benzene ring substituents is 1. The van der Waals surface area contributed by atoms with Crippen molar-refractivity contribution in [3.8, 4) is 21.7 Å². The van der Waals surface area contributed by atoms with Crippen molar-refractivity contribution in [3.63, 3.8) is 0 Å². The summed E-state index contributed by atoms with van der Waals surface area (Å²) >= 11 is 13.9. The van der Waals surface area contributed by atoms with Crippen molar-refractivity contribution < 1.29 is 4.92 Å². The van der Waals surface area contributed by atoms with Crippen LogP contribution in [0.4, 0.5) is 10.8 Å². The molecule has 0 amide bonds. The molecule has 0 aliphatic rings. The molecule has 4 aromatic rings. The van der Waals surface area contributed by atoms with Crippen LogP contribution in [0.15, 0.2) is 71.7 Å². The fraction of sp³-hybridized carbons (Fsp3) is 0.0435. The average Bonchev–Trinajstić information content (AvgIpc) is 3.18. The average molecular weight is 468 g/mol. The summed E-state index contributed by atoms with van der Waals surface area (Å²) in [5.41, 5.74) is 4.33. The van der Waals surface area contributed by atoms with E-state index in [1.807, 2.05) is 31.2 Å². The van der Waals surface area contributed by atoms with Gasteiger partial charge < -0.3 is 0 Å². The van der Waals surface area contributed by atoms with Crippen LogP contribution in [0, 0.1) is 17.0 Å². The van der Waals surface area contributed by atoms with E-state index in [0.29, 0.717) is 20.7 Å². The standard InChI is InChI=1S/C23H15Cl2N3O2S/c1-14-5-7-15(8-6-14)21-22(16-9-11-17(12-10-16)28(29)30)31-23(27-21)26-13-18-19(24)3-2-4-20(18)25/h2-13H,1H3.